The van der Waals surface area contributed by atoms with Crippen LogP contribution in [0.25, 0.3) is 0 Å². The molecule has 0 bridgehead atoms. The Kier molecular flexibility index (Phi) is 2.48. The second-order valence-electron chi connectivity index (χ2n) is 3.68. The second-order valence-corrected chi connectivity index (χ2v) is 3.68. The number of rotatable bonds is 4. The number of ether oxygens (including phenoxy) is 1. The van der Waals surface area contributed by atoms with Crippen molar-refractivity contribution in [1.82, 2.24) is 9.78 Å². The lowest BCUT2D eigenvalue weighted by Gasteiger charge is -2.00. The van der Waals surface area contributed by atoms with Gasteiger partial charge < -0.3 is 4.74 Å². The summed E-state index contributed by atoms with van der Waals surface area (Å²) in [6.07, 6.45) is 3.07. The van der Waals surface area contributed by atoms with Gasteiger partial charge in [-0.25, -0.2) is 4.68 Å². The molecule has 0 unspecified atom stereocenters. The standard InChI is InChI=1S/C9H10N4O3/c1-6(4-10)12-5-8(13(14)15)9(11-12)16-7-2-3-7/h5-7H,2-3H2,1H3/t6-/m1/s1. The van der Waals surface area contributed by atoms with Gasteiger partial charge in [0.05, 0.1) is 11.0 Å². The minimum atomic E-state index is -0.550. The van der Waals surface area contributed by atoms with Crippen molar-refractivity contribution < 1.29 is 9.66 Å². The first-order valence-electron chi connectivity index (χ1n) is 4.91. The molecule has 1 atom stereocenters. The molecule has 1 heterocycles. The Morgan fingerprint density at radius 1 is 1.81 bits per heavy atom. The van der Waals surface area contributed by atoms with Crippen LogP contribution in [0.4, 0.5) is 5.69 Å². The van der Waals surface area contributed by atoms with Crippen LogP contribution in [0, 0.1) is 21.4 Å². The first kappa shape index (κ1) is 10.4. The van der Waals surface area contributed by atoms with Gasteiger partial charge in [-0.05, 0) is 19.8 Å². The van der Waals surface area contributed by atoms with Crippen LogP contribution in [0.15, 0.2) is 6.20 Å². The highest BCUT2D eigenvalue weighted by atomic mass is 16.6. The van der Waals surface area contributed by atoms with Gasteiger partial charge in [-0.2, -0.15) is 5.26 Å². The summed E-state index contributed by atoms with van der Waals surface area (Å²) >= 11 is 0. The average molecular weight is 222 g/mol. The molecule has 1 aliphatic rings. The third-order valence-corrected chi connectivity index (χ3v) is 2.26. The smallest absolute Gasteiger partial charge is 0.350 e. The van der Waals surface area contributed by atoms with Crippen molar-refractivity contribution in [3.63, 3.8) is 0 Å². The van der Waals surface area contributed by atoms with E-state index in [0.29, 0.717) is 0 Å². The maximum absolute atomic E-state index is 10.7. The van der Waals surface area contributed by atoms with Crippen LogP contribution in [0.5, 0.6) is 5.88 Å². The summed E-state index contributed by atoms with van der Waals surface area (Å²) in [5.41, 5.74) is -0.186. The molecule has 1 aromatic heterocycles. The fourth-order valence-corrected chi connectivity index (χ4v) is 1.18. The monoisotopic (exact) mass is 222 g/mol. The van der Waals surface area contributed by atoms with E-state index in [1.165, 1.54) is 10.9 Å². The zero-order valence-electron chi connectivity index (χ0n) is 8.66. The predicted octanol–water partition coefficient (Wildman–Crippen LogP) is 1.42. The summed E-state index contributed by atoms with van der Waals surface area (Å²) < 4.78 is 6.56. The molecule has 0 N–H and O–H groups in total. The van der Waals surface area contributed by atoms with Gasteiger partial charge in [0.25, 0.3) is 0 Å². The van der Waals surface area contributed by atoms with Crippen molar-refractivity contribution in [3.8, 4) is 11.9 Å². The Morgan fingerprint density at radius 3 is 3.00 bits per heavy atom. The van der Waals surface area contributed by atoms with Crippen LogP contribution < -0.4 is 4.74 Å². The van der Waals surface area contributed by atoms with Crippen molar-refractivity contribution in [3.05, 3.63) is 16.3 Å². The number of nitro groups is 1. The Balaban J connectivity index is 2.29. The molecule has 1 saturated carbocycles. The van der Waals surface area contributed by atoms with E-state index in [-0.39, 0.29) is 17.7 Å². The van der Waals surface area contributed by atoms with Crippen molar-refractivity contribution >= 4 is 5.69 Å². The molecule has 16 heavy (non-hydrogen) atoms. The maximum atomic E-state index is 10.7. The van der Waals surface area contributed by atoms with Crippen molar-refractivity contribution in [2.45, 2.75) is 31.9 Å². The molecule has 7 nitrogen and oxygen atoms in total. The molecule has 2 rings (SSSR count). The zero-order chi connectivity index (χ0) is 11.7. The number of nitrogens with zero attached hydrogens (tertiary/aromatic N) is 4. The van der Waals surface area contributed by atoms with Crippen molar-refractivity contribution in [2.24, 2.45) is 0 Å². The van der Waals surface area contributed by atoms with Gasteiger partial charge >= 0.3 is 11.6 Å². The Labute approximate surface area is 91.4 Å². The lowest BCUT2D eigenvalue weighted by Crippen LogP contribution is -2.04. The first-order chi connectivity index (χ1) is 7.61. The van der Waals surface area contributed by atoms with Gasteiger partial charge in [-0.3, -0.25) is 10.1 Å². The lowest BCUT2D eigenvalue weighted by atomic mass is 10.4. The SMILES string of the molecule is C[C@H](C#N)n1cc([N+](=O)[O-])c(OC2CC2)n1. The van der Waals surface area contributed by atoms with Crippen LogP contribution in [-0.4, -0.2) is 20.8 Å². The Bertz CT molecular complexity index is 458. The second kappa shape index (κ2) is 3.81. The number of hydrogen-bond acceptors (Lipinski definition) is 5. The summed E-state index contributed by atoms with van der Waals surface area (Å²) in [4.78, 5) is 10.2. The van der Waals surface area contributed by atoms with E-state index < -0.39 is 11.0 Å². The fourth-order valence-electron chi connectivity index (χ4n) is 1.18. The molecule has 0 aliphatic heterocycles. The average Bonchev–Trinajstić information content (AvgIpc) is 2.94. The topological polar surface area (TPSA) is 94.0 Å². The lowest BCUT2D eigenvalue weighted by molar-refractivity contribution is -0.386. The summed E-state index contributed by atoms with van der Waals surface area (Å²) in [6, 6.07) is 1.41. The van der Waals surface area contributed by atoms with E-state index in [1.54, 1.807) is 6.92 Å². The van der Waals surface area contributed by atoms with Gasteiger partial charge in [0.1, 0.15) is 18.3 Å². The van der Waals surface area contributed by atoms with E-state index in [9.17, 15) is 10.1 Å². The highest BCUT2D eigenvalue weighted by Gasteiger charge is 2.30. The number of nitriles is 1. The number of hydrogen-bond donors (Lipinski definition) is 0. The molecule has 0 aromatic carbocycles. The van der Waals surface area contributed by atoms with Crippen LogP contribution >= 0.6 is 0 Å². The molecule has 7 heteroatoms. The first-order valence-corrected chi connectivity index (χ1v) is 4.91. The molecule has 1 aliphatic carbocycles. The van der Waals surface area contributed by atoms with E-state index in [2.05, 4.69) is 5.10 Å². The van der Waals surface area contributed by atoms with E-state index in [0.717, 1.165) is 12.8 Å². The van der Waals surface area contributed by atoms with Gasteiger partial charge in [-0.1, -0.05) is 0 Å². The van der Waals surface area contributed by atoms with E-state index in [1.807, 2.05) is 6.07 Å². The molecular weight excluding hydrogens is 212 g/mol. The van der Waals surface area contributed by atoms with Crippen LogP contribution in [0.2, 0.25) is 0 Å². The Morgan fingerprint density at radius 2 is 2.50 bits per heavy atom. The minimum Gasteiger partial charge on any atom is -0.468 e. The summed E-state index contributed by atoms with van der Waals surface area (Å²) in [5, 5.41) is 23.3. The van der Waals surface area contributed by atoms with E-state index in [4.69, 9.17) is 10.00 Å². The summed E-state index contributed by atoms with van der Waals surface area (Å²) in [5.74, 6) is 0.00889. The summed E-state index contributed by atoms with van der Waals surface area (Å²) in [7, 11) is 0. The molecule has 1 fully saturated rings. The van der Waals surface area contributed by atoms with Gasteiger partial charge in [0.2, 0.25) is 0 Å². The van der Waals surface area contributed by atoms with Gasteiger partial charge in [0, 0.05) is 0 Å². The minimum absolute atomic E-state index is 0.00889. The molecule has 0 saturated heterocycles. The van der Waals surface area contributed by atoms with Gasteiger partial charge in [0.15, 0.2) is 0 Å². The van der Waals surface area contributed by atoms with Crippen LogP contribution in [-0.2, 0) is 0 Å². The largest absolute Gasteiger partial charge is 0.468 e. The zero-order valence-corrected chi connectivity index (χ0v) is 8.66. The van der Waals surface area contributed by atoms with Crippen LogP contribution in [0.1, 0.15) is 25.8 Å². The molecule has 0 radical (unpaired) electrons. The normalized spacial score (nSPS) is 16.5. The molecule has 0 amide bonds. The molecule has 0 spiro atoms. The molecule has 84 valence electrons. The number of aromatic nitrogens is 2. The van der Waals surface area contributed by atoms with Crippen LogP contribution in [0.3, 0.4) is 0 Å². The van der Waals surface area contributed by atoms with Gasteiger partial charge in [-0.15, -0.1) is 5.10 Å². The van der Waals surface area contributed by atoms with Crippen molar-refractivity contribution in [2.75, 3.05) is 0 Å². The highest BCUT2D eigenvalue weighted by Crippen LogP contribution is 2.32. The quantitative estimate of drug-likeness (QED) is 0.567. The predicted molar refractivity (Wildman–Crippen MR) is 52.9 cm³/mol. The molecular formula is C9H10N4O3. The highest BCUT2D eigenvalue weighted by molar-refractivity contribution is 5.39. The maximum Gasteiger partial charge on any atom is 0.350 e. The van der Waals surface area contributed by atoms with E-state index >= 15 is 0 Å². The molecule has 1 aromatic rings. The third-order valence-electron chi connectivity index (χ3n) is 2.26. The summed E-state index contributed by atoms with van der Waals surface area (Å²) in [6.45, 7) is 1.61. The third kappa shape index (κ3) is 1.95. The fraction of sp³-hybridized carbons (Fsp3) is 0.556. The van der Waals surface area contributed by atoms with Crippen molar-refractivity contribution in [1.29, 1.82) is 5.26 Å². The Hall–Kier alpha value is -2.10.